The number of carbonyl (C=O) groups excluding carboxylic acids is 1. The second-order valence-corrected chi connectivity index (χ2v) is 7.62. The van der Waals surface area contributed by atoms with Gasteiger partial charge in [0, 0.05) is 12.1 Å². The summed E-state index contributed by atoms with van der Waals surface area (Å²) in [6, 6.07) is 11.1. The molecular formula is C21H23ClF3NO3. The van der Waals surface area contributed by atoms with Crippen LogP contribution < -0.4 is 0 Å². The lowest BCUT2D eigenvalue weighted by atomic mass is 9.81. The number of rotatable bonds is 4. The monoisotopic (exact) mass is 429 g/mol. The van der Waals surface area contributed by atoms with Gasteiger partial charge in [-0.25, -0.2) is 4.79 Å². The van der Waals surface area contributed by atoms with Crippen molar-refractivity contribution in [3.05, 3.63) is 47.5 Å². The molecule has 0 saturated carbocycles. The van der Waals surface area contributed by atoms with E-state index in [0.717, 1.165) is 16.3 Å². The predicted molar refractivity (Wildman–Crippen MR) is 108 cm³/mol. The highest BCUT2D eigenvalue weighted by Gasteiger charge is 2.61. The van der Waals surface area contributed by atoms with Gasteiger partial charge in [0.15, 0.2) is 0 Å². The number of aliphatic hydroxyl groups is 1. The van der Waals surface area contributed by atoms with Gasteiger partial charge < -0.3 is 9.84 Å². The molecule has 0 fully saturated rings. The van der Waals surface area contributed by atoms with E-state index in [0.29, 0.717) is 12.0 Å². The summed E-state index contributed by atoms with van der Waals surface area (Å²) in [6.07, 6.45) is -5.65. The molecule has 0 amide bonds. The van der Waals surface area contributed by atoms with E-state index in [9.17, 15) is 23.1 Å². The zero-order chi connectivity index (χ0) is 20.7. The Bertz CT molecular complexity index is 956. The van der Waals surface area contributed by atoms with Crippen LogP contribution in [0.4, 0.5) is 13.2 Å². The van der Waals surface area contributed by atoms with E-state index in [-0.39, 0.29) is 24.7 Å². The van der Waals surface area contributed by atoms with Crippen molar-refractivity contribution in [2.24, 2.45) is 4.99 Å². The average molecular weight is 430 g/mol. The first-order valence-corrected chi connectivity index (χ1v) is 9.04. The first kappa shape index (κ1) is 23.2. The van der Waals surface area contributed by atoms with E-state index < -0.39 is 29.7 Å². The van der Waals surface area contributed by atoms with Gasteiger partial charge in [0.05, 0.1) is 12.1 Å². The van der Waals surface area contributed by atoms with Crippen molar-refractivity contribution in [1.82, 2.24) is 0 Å². The minimum Gasteiger partial charge on any atom is -0.464 e. The second kappa shape index (κ2) is 7.95. The summed E-state index contributed by atoms with van der Waals surface area (Å²) in [4.78, 5) is 16.5. The van der Waals surface area contributed by atoms with E-state index >= 15 is 0 Å². The van der Waals surface area contributed by atoms with E-state index in [1.807, 2.05) is 38.1 Å². The Morgan fingerprint density at radius 1 is 1.21 bits per heavy atom. The molecule has 0 saturated heterocycles. The molecule has 0 bridgehead atoms. The summed E-state index contributed by atoms with van der Waals surface area (Å²) in [6.45, 7) is 4.75. The van der Waals surface area contributed by atoms with E-state index in [1.165, 1.54) is 6.92 Å². The number of hydrogen-bond donors (Lipinski definition) is 1. The van der Waals surface area contributed by atoms with E-state index in [2.05, 4.69) is 9.73 Å². The molecule has 0 aliphatic carbocycles. The van der Waals surface area contributed by atoms with Crippen LogP contribution in [0, 0.1) is 0 Å². The van der Waals surface area contributed by atoms with Crippen LogP contribution in [0.25, 0.3) is 10.8 Å². The Kier molecular flexibility index (Phi) is 6.35. The summed E-state index contributed by atoms with van der Waals surface area (Å²) in [5.41, 5.74) is -2.90. The Morgan fingerprint density at radius 3 is 2.48 bits per heavy atom. The second-order valence-electron chi connectivity index (χ2n) is 7.62. The lowest BCUT2D eigenvalue weighted by Crippen LogP contribution is -2.54. The lowest BCUT2D eigenvalue weighted by molar-refractivity contribution is -0.260. The molecule has 0 radical (unpaired) electrons. The Balaban J connectivity index is 0.00000300. The number of hydrogen-bond acceptors (Lipinski definition) is 4. The number of ether oxygens (including phenoxy) is 1. The SMILES string of the molecule is CCOC(=O)C(O)(CC1=NC(C)(C)Cc2c1ccc1ccccc21)C(F)(F)F.Cl. The van der Waals surface area contributed by atoms with Gasteiger partial charge in [0.25, 0.3) is 5.60 Å². The molecule has 4 nitrogen and oxygen atoms in total. The fourth-order valence-electron chi connectivity index (χ4n) is 3.61. The third kappa shape index (κ3) is 4.26. The molecule has 1 aliphatic heterocycles. The maximum Gasteiger partial charge on any atom is 0.428 e. The molecular weight excluding hydrogens is 407 g/mol. The van der Waals surface area contributed by atoms with Crippen LogP contribution in [-0.2, 0) is 16.0 Å². The van der Waals surface area contributed by atoms with Gasteiger partial charge in [-0.2, -0.15) is 13.2 Å². The normalized spacial score (nSPS) is 17.6. The van der Waals surface area contributed by atoms with Gasteiger partial charge in [-0.3, -0.25) is 4.99 Å². The third-order valence-electron chi connectivity index (χ3n) is 4.90. The number of aliphatic imine (C=N–C) groups is 1. The van der Waals surface area contributed by atoms with Gasteiger partial charge in [-0.1, -0.05) is 36.4 Å². The minimum atomic E-state index is -5.19. The summed E-state index contributed by atoms with van der Waals surface area (Å²) in [5.74, 6) is -1.71. The van der Waals surface area contributed by atoms with Crippen LogP contribution >= 0.6 is 12.4 Å². The summed E-state index contributed by atoms with van der Waals surface area (Å²) < 4.78 is 45.5. The van der Waals surface area contributed by atoms with Crippen molar-refractivity contribution in [2.45, 2.75) is 50.9 Å². The maximum absolute atomic E-state index is 13.6. The first-order chi connectivity index (χ1) is 13.0. The highest BCUT2D eigenvalue weighted by Crippen LogP contribution is 2.39. The Labute approximate surface area is 173 Å². The molecule has 1 unspecified atom stereocenters. The molecule has 2 aromatic carbocycles. The number of nitrogens with zero attached hydrogens (tertiary/aromatic N) is 1. The molecule has 1 aliphatic rings. The standard InChI is InChI=1S/C21H22F3NO3.ClH/c1-4-28-18(26)20(27,21(22,23)24)12-17-15-10-9-13-7-5-6-8-14(13)16(15)11-19(2,3)25-17;/h5-10,27H,4,11-12H2,1-3H3;1H. The van der Waals surface area contributed by atoms with E-state index in [4.69, 9.17) is 0 Å². The van der Waals surface area contributed by atoms with Crippen LogP contribution in [0.1, 0.15) is 38.3 Å². The number of halogens is 4. The molecule has 0 aromatic heterocycles. The van der Waals surface area contributed by atoms with Gasteiger partial charge >= 0.3 is 12.1 Å². The molecule has 3 rings (SSSR count). The van der Waals surface area contributed by atoms with Gasteiger partial charge in [-0.05, 0) is 49.1 Å². The number of alkyl halides is 3. The number of esters is 1. The van der Waals surface area contributed by atoms with Crippen LogP contribution in [-0.4, -0.2) is 40.7 Å². The summed E-state index contributed by atoms with van der Waals surface area (Å²) in [7, 11) is 0. The van der Waals surface area contributed by atoms with Crippen molar-refractivity contribution in [3.63, 3.8) is 0 Å². The molecule has 8 heteroatoms. The Morgan fingerprint density at radius 2 is 1.86 bits per heavy atom. The van der Waals surface area contributed by atoms with Crippen LogP contribution in [0.15, 0.2) is 41.4 Å². The third-order valence-corrected chi connectivity index (χ3v) is 4.90. The van der Waals surface area contributed by atoms with Crippen LogP contribution in [0.5, 0.6) is 0 Å². The molecule has 1 heterocycles. The van der Waals surface area contributed by atoms with Crippen molar-refractivity contribution in [1.29, 1.82) is 0 Å². The highest BCUT2D eigenvalue weighted by molar-refractivity contribution is 6.09. The quantitative estimate of drug-likeness (QED) is 0.721. The Hall–Kier alpha value is -2.12. The molecule has 158 valence electrons. The van der Waals surface area contributed by atoms with Gasteiger partial charge in [0.1, 0.15) is 0 Å². The van der Waals surface area contributed by atoms with Crippen molar-refractivity contribution in [2.75, 3.05) is 6.61 Å². The summed E-state index contributed by atoms with van der Waals surface area (Å²) >= 11 is 0. The first-order valence-electron chi connectivity index (χ1n) is 9.04. The van der Waals surface area contributed by atoms with Crippen LogP contribution in [0.2, 0.25) is 0 Å². The number of benzene rings is 2. The highest BCUT2D eigenvalue weighted by atomic mass is 35.5. The number of carbonyl (C=O) groups is 1. The zero-order valence-corrected chi connectivity index (χ0v) is 17.2. The van der Waals surface area contributed by atoms with Crippen molar-refractivity contribution in [3.8, 4) is 0 Å². The topological polar surface area (TPSA) is 58.9 Å². The molecule has 29 heavy (non-hydrogen) atoms. The maximum atomic E-state index is 13.6. The van der Waals surface area contributed by atoms with Crippen LogP contribution in [0.3, 0.4) is 0 Å². The molecule has 1 atom stereocenters. The lowest BCUT2D eigenvalue weighted by Gasteiger charge is -2.34. The summed E-state index contributed by atoms with van der Waals surface area (Å²) in [5, 5.41) is 12.2. The van der Waals surface area contributed by atoms with Gasteiger partial charge in [-0.15, -0.1) is 12.4 Å². The smallest absolute Gasteiger partial charge is 0.428 e. The molecule has 0 spiro atoms. The minimum absolute atomic E-state index is 0. The van der Waals surface area contributed by atoms with E-state index in [1.54, 1.807) is 12.1 Å². The fourth-order valence-corrected chi connectivity index (χ4v) is 3.61. The van der Waals surface area contributed by atoms with Gasteiger partial charge in [0.2, 0.25) is 0 Å². The fraction of sp³-hybridized carbons (Fsp3) is 0.429. The van der Waals surface area contributed by atoms with Crippen molar-refractivity contribution < 1.29 is 27.8 Å². The molecule has 1 N–H and O–H groups in total. The number of fused-ring (bicyclic) bond motifs is 3. The molecule has 2 aromatic rings. The van der Waals surface area contributed by atoms with Crippen molar-refractivity contribution >= 4 is 34.9 Å². The largest absolute Gasteiger partial charge is 0.464 e. The predicted octanol–water partition coefficient (Wildman–Crippen LogP) is 4.63. The average Bonchev–Trinajstić information content (AvgIpc) is 2.59. The zero-order valence-electron chi connectivity index (χ0n) is 16.3.